The molecule has 2 aromatic heterocycles. The van der Waals surface area contributed by atoms with Crippen LogP contribution in [0.4, 0.5) is 10.1 Å². The Hall–Kier alpha value is -4.07. The number of fused-ring (bicyclic) bond motifs is 1. The average molecular weight is 460 g/mol. The standard InChI is InChI=1S/C26H26FN5O2/c1-14(2)18-7-5-17(6-8-18)13-32-16(4)24(15(3)31-32)30-26(34)21-12-23(25(28)33)29-22-11-19(27)9-10-20(21)22/h5-12,14H,13H2,1-4H3,(H2,28,33)(H,30,34). The highest BCUT2D eigenvalue weighted by Crippen LogP contribution is 2.25. The highest BCUT2D eigenvalue weighted by Gasteiger charge is 2.20. The summed E-state index contributed by atoms with van der Waals surface area (Å²) in [7, 11) is 0. The maximum Gasteiger partial charge on any atom is 0.267 e. The zero-order chi connectivity index (χ0) is 24.6. The molecule has 0 aliphatic rings. The maximum absolute atomic E-state index is 13.7. The molecule has 0 fully saturated rings. The Kier molecular flexibility index (Phi) is 6.15. The summed E-state index contributed by atoms with van der Waals surface area (Å²) >= 11 is 0. The Labute approximate surface area is 196 Å². The third kappa shape index (κ3) is 4.52. The quantitative estimate of drug-likeness (QED) is 0.436. The maximum atomic E-state index is 13.7. The Morgan fingerprint density at radius 2 is 1.79 bits per heavy atom. The van der Waals surface area contributed by atoms with Crippen molar-refractivity contribution < 1.29 is 14.0 Å². The number of primary amides is 1. The fourth-order valence-corrected chi connectivity index (χ4v) is 3.91. The van der Waals surface area contributed by atoms with Crippen molar-refractivity contribution in [3.05, 3.63) is 88.1 Å². The molecule has 7 nitrogen and oxygen atoms in total. The highest BCUT2D eigenvalue weighted by molar-refractivity contribution is 6.14. The van der Waals surface area contributed by atoms with E-state index in [2.05, 4.69) is 53.5 Å². The van der Waals surface area contributed by atoms with Crippen LogP contribution in [-0.4, -0.2) is 26.6 Å². The van der Waals surface area contributed by atoms with Gasteiger partial charge in [0, 0.05) is 11.5 Å². The number of aromatic nitrogens is 3. The van der Waals surface area contributed by atoms with E-state index in [1.54, 1.807) is 0 Å². The Morgan fingerprint density at radius 1 is 1.09 bits per heavy atom. The van der Waals surface area contributed by atoms with Crippen LogP contribution in [0.3, 0.4) is 0 Å². The topological polar surface area (TPSA) is 103 Å². The third-order valence-electron chi connectivity index (χ3n) is 5.87. The van der Waals surface area contributed by atoms with Gasteiger partial charge in [0.15, 0.2) is 0 Å². The normalized spacial score (nSPS) is 11.2. The lowest BCUT2D eigenvalue weighted by molar-refractivity contribution is 0.0996. The number of pyridine rings is 1. The third-order valence-corrected chi connectivity index (χ3v) is 5.87. The minimum absolute atomic E-state index is 0.114. The van der Waals surface area contributed by atoms with Crippen molar-refractivity contribution in [3.63, 3.8) is 0 Å². The zero-order valence-electron chi connectivity index (χ0n) is 19.5. The first-order valence-corrected chi connectivity index (χ1v) is 11.0. The van der Waals surface area contributed by atoms with Crippen LogP contribution in [0, 0.1) is 19.7 Å². The van der Waals surface area contributed by atoms with Gasteiger partial charge in [-0.3, -0.25) is 14.3 Å². The molecule has 2 aromatic carbocycles. The first kappa shape index (κ1) is 23.1. The molecule has 0 aliphatic heterocycles. The van der Waals surface area contributed by atoms with E-state index in [1.807, 2.05) is 18.5 Å². The van der Waals surface area contributed by atoms with Crippen molar-refractivity contribution in [1.82, 2.24) is 14.8 Å². The van der Waals surface area contributed by atoms with Gasteiger partial charge in [-0.2, -0.15) is 5.10 Å². The Bertz CT molecular complexity index is 1410. The van der Waals surface area contributed by atoms with Crippen LogP contribution in [0.1, 0.15) is 63.1 Å². The number of carbonyl (C=O) groups is 2. The van der Waals surface area contributed by atoms with Crippen molar-refractivity contribution in [2.75, 3.05) is 5.32 Å². The predicted octanol–water partition coefficient (Wildman–Crippen LogP) is 4.71. The fraction of sp³-hybridized carbons (Fsp3) is 0.231. The number of nitrogens with two attached hydrogens (primary N) is 1. The SMILES string of the molecule is Cc1nn(Cc2ccc(C(C)C)cc2)c(C)c1NC(=O)c1cc(C(N)=O)nc2cc(F)ccc12. The summed E-state index contributed by atoms with van der Waals surface area (Å²) in [5.41, 5.74) is 10.0. The molecule has 4 rings (SSSR count). The second-order valence-electron chi connectivity index (χ2n) is 8.63. The van der Waals surface area contributed by atoms with Gasteiger partial charge in [0.1, 0.15) is 11.5 Å². The smallest absolute Gasteiger partial charge is 0.267 e. The molecule has 174 valence electrons. The van der Waals surface area contributed by atoms with E-state index >= 15 is 0 Å². The number of anilines is 1. The van der Waals surface area contributed by atoms with Crippen LogP contribution < -0.4 is 11.1 Å². The zero-order valence-corrected chi connectivity index (χ0v) is 19.5. The summed E-state index contributed by atoms with van der Waals surface area (Å²) in [5.74, 6) is -1.33. The number of rotatable bonds is 6. The number of hydrogen-bond acceptors (Lipinski definition) is 4. The summed E-state index contributed by atoms with van der Waals surface area (Å²) in [6, 6.07) is 13.6. The van der Waals surface area contributed by atoms with E-state index in [1.165, 1.54) is 23.8 Å². The van der Waals surface area contributed by atoms with E-state index in [0.29, 0.717) is 29.2 Å². The van der Waals surface area contributed by atoms with E-state index < -0.39 is 17.6 Å². The number of nitrogens with zero attached hydrogens (tertiary/aromatic N) is 3. The van der Waals surface area contributed by atoms with Crippen LogP contribution in [0.5, 0.6) is 0 Å². The first-order chi connectivity index (χ1) is 16.1. The van der Waals surface area contributed by atoms with Gasteiger partial charge in [0.25, 0.3) is 11.8 Å². The van der Waals surface area contributed by atoms with Crippen molar-refractivity contribution in [1.29, 1.82) is 0 Å². The molecule has 34 heavy (non-hydrogen) atoms. The minimum Gasteiger partial charge on any atom is -0.364 e. The Balaban J connectivity index is 1.65. The molecule has 0 spiro atoms. The van der Waals surface area contributed by atoms with E-state index in [9.17, 15) is 14.0 Å². The molecule has 8 heteroatoms. The summed E-state index contributed by atoms with van der Waals surface area (Å²) in [4.78, 5) is 29.0. The number of amides is 2. The van der Waals surface area contributed by atoms with Gasteiger partial charge in [-0.1, -0.05) is 38.1 Å². The molecule has 4 aromatic rings. The number of halogens is 1. The van der Waals surface area contributed by atoms with Gasteiger partial charge in [-0.15, -0.1) is 0 Å². The van der Waals surface area contributed by atoms with Crippen LogP contribution in [0.25, 0.3) is 10.9 Å². The van der Waals surface area contributed by atoms with Crippen LogP contribution in [0.2, 0.25) is 0 Å². The van der Waals surface area contributed by atoms with E-state index in [-0.39, 0.29) is 16.8 Å². The second kappa shape index (κ2) is 9.05. The summed E-state index contributed by atoms with van der Waals surface area (Å²) in [6.45, 7) is 8.56. The van der Waals surface area contributed by atoms with Crippen LogP contribution >= 0.6 is 0 Å². The van der Waals surface area contributed by atoms with Crippen LogP contribution in [0.15, 0.2) is 48.5 Å². The highest BCUT2D eigenvalue weighted by atomic mass is 19.1. The van der Waals surface area contributed by atoms with Gasteiger partial charge in [-0.25, -0.2) is 9.37 Å². The number of carbonyl (C=O) groups excluding carboxylic acids is 2. The average Bonchev–Trinajstić information content (AvgIpc) is 3.05. The molecular formula is C26H26FN5O2. The van der Waals surface area contributed by atoms with E-state index in [0.717, 1.165) is 17.3 Å². The van der Waals surface area contributed by atoms with Crippen LogP contribution in [-0.2, 0) is 6.54 Å². The van der Waals surface area contributed by atoms with Gasteiger partial charge in [-0.05, 0) is 49.1 Å². The second-order valence-corrected chi connectivity index (χ2v) is 8.63. The molecule has 0 saturated carbocycles. The fourth-order valence-electron chi connectivity index (χ4n) is 3.91. The molecule has 0 atom stereocenters. The monoisotopic (exact) mass is 459 g/mol. The predicted molar refractivity (Wildman–Crippen MR) is 130 cm³/mol. The van der Waals surface area contributed by atoms with Crippen molar-refractivity contribution >= 4 is 28.4 Å². The Morgan fingerprint density at radius 3 is 2.44 bits per heavy atom. The van der Waals surface area contributed by atoms with Crippen molar-refractivity contribution in [3.8, 4) is 0 Å². The molecule has 3 N–H and O–H groups in total. The number of aryl methyl sites for hydroxylation is 1. The molecule has 0 unspecified atom stereocenters. The van der Waals surface area contributed by atoms with Gasteiger partial charge in [0.05, 0.1) is 34.7 Å². The molecule has 2 heterocycles. The van der Waals surface area contributed by atoms with Crippen molar-refractivity contribution in [2.45, 2.75) is 40.2 Å². The first-order valence-electron chi connectivity index (χ1n) is 11.0. The molecular weight excluding hydrogens is 433 g/mol. The summed E-state index contributed by atoms with van der Waals surface area (Å²) < 4.78 is 15.6. The molecule has 0 bridgehead atoms. The lowest BCUT2D eigenvalue weighted by Gasteiger charge is -2.11. The molecule has 0 aliphatic carbocycles. The molecule has 0 radical (unpaired) electrons. The largest absolute Gasteiger partial charge is 0.364 e. The minimum atomic E-state index is -0.802. The number of nitrogens with one attached hydrogen (secondary N) is 1. The number of hydrogen-bond donors (Lipinski definition) is 2. The molecule has 0 saturated heterocycles. The van der Waals surface area contributed by atoms with Gasteiger partial charge < -0.3 is 11.1 Å². The lowest BCUT2D eigenvalue weighted by Crippen LogP contribution is -2.18. The van der Waals surface area contributed by atoms with Gasteiger partial charge in [0.2, 0.25) is 0 Å². The summed E-state index contributed by atoms with van der Waals surface area (Å²) in [6.07, 6.45) is 0. The van der Waals surface area contributed by atoms with Gasteiger partial charge >= 0.3 is 0 Å². The summed E-state index contributed by atoms with van der Waals surface area (Å²) in [5, 5.41) is 7.91. The lowest BCUT2D eigenvalue weighted by atomic mass is 10.0. The van der Waals surface area contributed by atoms with Crippen molar-refractivity contribution in [2.24, 2.45) is 5.73 Å². The van der Waals surface area contributed by atoms with E-state index in [4.69, 9.17) is 5.73 Å². The molecule has 2 amide bonds. The number of benzene rings is 2.